The average Bonchev–Trinajstić information content (AvgIpc) is 3.42. The molecule has 160 valence electrons. The lowest BCUT2D eigenvalue weighted by Crippen LogP contribution is -2.29. The summed E-state index contributed by atoms with van der Waals surface area (Å²) in [5.74, 6) is 1.31. The summed E-state index contributed by atoms with van der Waals surface area (Å²) in [6.07, 6.45) is 1.54. The predicted octanol–water partition coefficient (Wildman–Crippen LogP) is 3.25. The van der Waals surface area contributed by atoms with Crippen molar-refractivity contribution in [2.24, 2.45) is 0 Å². The highest BCUT2D eigenvalue weighted by Gasteiger charge is 2.30. The first-order valence-electron chi connectivity index (χ1n) is 10.2. The third-order valence-corrected chi connectivity index (χ3v) is 5.42. The molecule has 1 heterocycles. The van der Waals surface area contributed by atoms with Crippen LogP contribution in [0.1, 0.15) is 43.0 Å². The zero-order valence-electron chi connectivity index (χ0n) is 17.4. The second-order valence-electron chi connectivity index (χ2n) is 7.71. The van der Waals surface area contributed by atoms with E-state index in [2.05, 4.69) is 16.2 Å². The molecular weight excluding hydrogens is 396 g/mol. The summed E-state index contributed by atoms with van der Waals surface area (Å²) in [7, 11) is 0. The first-order valence-corrected chi connectivity index (χ1v) is 10.2. The van der Waals surface area contributed by atoms with Crippen LogP contribution in [0.3, 0.4) is 0 Å². The number of hydrogen-bond acceptors (Lipinski definition) is 8. The minimum absolute atomic E-state index is 0.0375. The van der Waals surface area contributed by atoms with Crippen LogP contribution in [0.2, 0.25) is 0 Å². The van der Waals surface area contributed by atoms with E-state index in [9.17, 15) is 15.5 Å². The van der Waals surface area contributed by atoms with E-state index in [0.29, 0.717) is 28.6 Å². The van der Waals surface area contributed by atoms with Gasteiger partial charge in [-0.25, -0.2) is 0 Å². The maximum absolute atomic E-state index is 9.53. The monoisotopic (exact) mass is 420 g/mol. The summed E-state index contributed by atoms with van der Waals surface area (Å²) in [5, 5.41) is 32.7. The van der Waals surface area contributed by atoms with Crippen LogP contribution < -0.4 is 4.74 Å². The van der Waals surface area contributed by atoms with Gasteiger partial charge in [-0.05, 0) is 56.0 Å². The number of aliphatic hydroxyl groups is 2. The van der Waals surface area contributed by atoms with Crippen molar-refractivity contribution in [3.8, 4) is 34.7 Å². The van der Waals surface area contributed by atoms with Gasteiger partial charge in [-0.15, -0.1) is 0 Å². The Morgan fingerprint density at radius 3 is 2.77 bits per heavy atom. The molecule has 1 aliphatic rings. The lowest BCUT2D eigenvalue weighted by molar-refractivity contribution is -0.00337. The Hall–Kier alpha value is -3.25. The summed E-state index contributed by atoms with van der Waals surface area (Å²) >= 11 is 0. The van der Waals surface area contributed by atoms with Gasteiger partial charge in [0.15, 0.2) is 0 Å². The number of rotatable bonds is 7. The van der Waals surface area contributed by atoms with Crippen molar-refractivity contribution in [2.75, 3.05) is 13.5 Å². The van der Waals surface area contributed by atoms with Crippen LogP contribution in [-0.4, -0.2) is 44.8 Å². The van der Waals surface area contributed by atoms with E-state index in [1.807, 2.05) is 32.0 Å². The Bertz CT molecular complexity index is 1120. The average molecular weight is 420 g/mol. The molecule has 0 fully saturated rings. The molecule has 2 aromatic carbocycles. The third-order valence-electron chi connectivity index (χ3n) is 5.42. The van der Waals surface area contributed by atoms with Gasteiger partial charge in [-0.1, -0.05) is 23.4 Å². The summed E-state index contributed by atoms with van der Waals surface area (Å²) in [6, 6.07) is 13.2. The van der Waals surface area contributed by atoms with E-state index in [1.165, 1.54) is 0 Å². The molecule has 1 atom stereocenters. The largest absolute Gasteiger partial charge is 0.490 e. The highest BCUT2D eigenvalue weighted by atomic mass is 16.5. The SMILES string of the molecule is CC(C)Oc1ccc(-c2nc(-c3cccc4c3CCC4N(CO)CO)no2)cc1C#N. The van der Waals surface area contributed by atoms with Gasteiger partial charge in [0.2, 0.25) is 5.82 Å². The molecule has 4 rings (SSSR count). The zero-order valence-corrected chi connectivity index (χ0v) is 17.4. The molecule has 1 aliphatic carbocycles. The third kappa shape index (κ3) is 4.03. The van der Waals surface area contributed by atoms with Gasteiger partial charge >= 0.3 is 0 Å². The first-order chi connectivity index (χ1) is 15.0. The molecule has 1 aromatic heterocycles. The number of nitriles is 1. The van der Waals surface area contributed by atoms with Crippen molar-refractivity contribution >= 4 is 0 Å². The maximum Gasteiger partial charge on any atom is 0.258 e. The van der Waals surface area contributed by atoms with Gasteiger partial charge in [-0.2, -0.15) is 10.2 Å². The Kier molecular flexibility index (Phi) is 6.00. The Morgan fingerprint density at radius 1 is 1.26 bits per heavy atom. The Balaban J connectivity index is 1.66. The van der Waals surface area contributed by atoms with Gasteiger partial charge in [0.1, 0.15) is 11.8 Å². The molecule has 2 N–H and O–H groups in total. The van der Waals surface area contributed by atoms with Crippen LogP contribution in [0.15, 0.2) is 40.9 Å². The topological polar surface area (TPSA) is 116 Å². The predicted molar refractivity (Wildman–Crippen MR) is 113 cm³/mol. The highest BCUT2D eigenvalue weighted by molar-refractivity contribution is 5.67. The van der Waals surface area contributed by atoms with Crippen LogP contribution in [-0.2, 0) is 6.42 Å². The van der Waals surface area contributed by atoms with Gasteiger partial charge in [0.25, 0.3) is 5.89 Å². The highest BCUT2D eigenvalue weighted by Crippen LogP contribution is 2.40. The molecule has 0 saturated carbocycles. The summed E-state index contributed by atoms with van der Waals surface area (Å²) in [6.45, 7) is 3.38. The number of aliphatic hydroxyl groups excluding tert-OH is 2. The van der Waals surface area contributed by atoms with E-state index in [0.717, 1.165) is 29.5 Å². The lowest BCUT2D eigenvalue weighted by atomic mass is 10.0. The van der Waals surface area contributed by atoms with Crippen LogP contribution in [0.25, 0.3) is 22.8 Å². The first kappa shape index (κ1) is 21.0. The number of fused-ring (bicyclic) bond motifs is 1. The molecule has 8 heteroatoms. The van der Waals surface area contributed by atoms with Crippen molar-refractivity contribution in [3.63, 3.8) is 0 Å². The van der Waals surface area contributed by atoms with Crippen LogP contribution in [0.4, 0.5) is 0 Å². The molecule has 0 aliphatic heterocycles. The van der Waals surface area contributed by atoms with E-state index >= 15 is 0 Å². The molecule has 3 aromatic rings. The molecule has 0 saturated heterocycles. The van der Waals surface area contributed by atoms with Crippen molar-refractivity contribution in [1.29, 1.82) is 5.26 Å². The fourth-order valence-corrected chi connectivity index (χ4v) is 4.02. The Labute approximate surface area is 180 Å². The van der Waals surface area contributed by atoms with Crippen LogP contribution in [0, 0.1) is 11.3 Å². The molecule has 0 bridgehead atoms. The summed E-state index contributed by atoms with van der Waals surface area (Å²) < 4.78 is 11.2. The number of benzene rings is 2. The van der Waals surface area contributed by atoms with Crippen LogP contribution in [0.5, 0.6) is 5.75 Å². The minimum Gasteiger partial charge on any atom is -0.490 e. The molecule has 31 heavy (non-hydrogen) atoms. The number of nitrogens with zero attached hydrogens (tertiary/aromatic N) is 4. The second kappa shape index (κ2) is 8.86. The number of ether oxygens (including phenoxy) is 1. The lowest BCUT2D eigenvalue weighted by Gasteiger charge is -2.24. The van der Waals surface area contributed by atoms with Crippen molar-refractivity contribution in [3.05, 3.63) is 53.1 Å². The fraction of sp³-hybridized carbons (Fsp3) is 0.348. The summed E-state index contributed by atoms with van der Waals surface area (Å²) in [4.78, 5) is 6.18. The molecule has 0 amide bonds. The maximum atomic E-state index is 9.53. The quantitative estimate of drug-likeness (QED) is 0.560. The second-order valence-corrected chi connectivity index (χ2v) is 7.71. The van der Waals surface area contributed by atoms with E-state index < -0.39 is 0 Å². The van der Waals surface area contributed by atoms with Gasteiger partial charge in [-0.3, -0.25) is 4.90 Å². The number of aromatic nitrogens is 2. The standard InChI is InChI=1S/C23H24N4O4/c1-14(2)30-21-9-6-15(10-16(21)11-24)23-25-22(26-31-23)19-5-3-4-18-17(19)7-8-20(18)27(12-28)13-29/h3-6,9-10,14,20,28-29H,7-8,12-13H2,1-2H3. The molecule has 8 nitrogen and oxygen atoms in total. The van der Waals surface area contributed by atoms with E-state index in [4.69, 9.17) is 9.26 Å². The molecule has 0 radical (unpaired) electrons. The smallest absolute Gasteiger partial charge is 0.258 e. The Morgan fingerprint density at radius 2 is 2.06 bits per heavy atom. The van der Waals surface area contributed by atoms with Gasteiger partial charge in [0, 0.05) is 17.2 Å². The minimum atomic E-state index is -0.213. The normalized spacial score (nSPS) is 15.3. The van der Waals surface area contributed by atoms with Gasteiger partial charge < -0.3 is 19.5 Å². The van der Waals surface area contributed by atoms with Gasteiger partial charge in [0.05, 0.1) is 25.1 Å². The summed E-state index contributed by atoms with van der Waals surface area (Å²) in [5.41, 5.74) is 4.05. The zero-order chi connectivity index (χ0) is 22.0. The number of hydrogen-bond donors (Lipinski definition) is 2. The van der Waals surface area contributed by atoms with Crippen molar-refractivity contribution in [2.45, 2.75) is 38.8 Å². The molecule has 1 unspecified atom stereocenters. The van der Waals surface area contributed by atoms with E-state index in [1.54, 1.807) is 23.1 Å². The van der Waals surface area contributed by atoms with Crippen LogP contribution >= 0.6 is 0 Å². The fourth-order valence-electron chi connectivity index (χ4n) is 4.02. The van der Waals surface area contributed by atoms with Crippen molar-refractivity contribution in [1.82, 2.24) is 15.0 Å². The molecular formula is C23H24N4O4. The molecule has 0 spiro atoms. The van der Waals surface area contributed by atoms with E-state index in [-0.39, 0.29) is 25.6 Å². The van der Waals surface area contributed by atoms with Crippen molar-refractivity contribution < 1.29 is 19.5 Å².